The Balaban J connectivity index is 1.68. The summed E-state index contributed by atoms with van der Waals surface area (Å²) in [6.45, 7) is 7.13. The van der Waals surface area contributed by atoms with Crippen LogP contribution in [0, 0.1) is 11.6 Å². The Hall–Kier alpha value is -3.23. The van der Waals surface area contributed by atoms with Crippen molar-refractivity contribution in [1.29, 1.82) is 0 Å². The summed E-state index contributed by atoms with van der Waals surface area (Å²) < 4.78 is 39.9. The third kappa shape index (κ3) is 4.98. The highest BCUT2D eigenvalue weighted by Crippen LogP contribution is 2.49. The van der Waals surface area contributed by atoms with Crippen LogP contribution in [-0.2, 0) is 15.0 Å². The summed E-state index contributed by atoms with van der Waals surface area (Å²) in [5, 5.41) is 2.60. The number of amides is 1. The number of nitrogens with zero attached hydrogens (tertiary/aromatic N) is 3. The molecule has 182 valence electrons. The molecule has 9 heteroatoms. The van der Waals surface area contributed by atoms with Crippen molar-refractivity contribution in [3.05, 3.63) is 53.7 Å². The first-order chi connectivity index (χ1) is 15.9. The summed E-state index contributed by atoms with van der Waals surface area (Å²) in [5.41, 5.74) is -1.15. The molecule has 1 spiro atoms. The molecule has 4 rings (SSSR count). The van der Waals surface area contributed by atoms with Crippen molar-refractivity contribution in [2.45, 2.75) is 70.1 Å². The third-order valence-electron chi connectivity index (χ3n) is 6.17. The Labute approximate surface area is 198 Å². The molecular formula is C25H30F2N4O3. The summed E-state index contributed by atoms with van der Waals surface area (Å²) in [4.78, 5) is 22.9. The monoisotopic (exact) mass is 472 g/mol. The Kier molecular flexibility index (Phi) is 5.99. The zero-order valence-electron chi connectivity index (χ0n) is 20.1. The van der Waals surface area contributed by atoms with E-state index in [-0.39, 0.29) is 6.02 Å². The predicted octanol–water partition coefficient (Wildman–Crippen LogP) is 5.57. The quantitative estimate of drug-likeness (QED) is 0.632. The number of nitrogens with one attached hydrogen (secondary N) is 1. The van der Waals surface area contributed by atoms with Crippen molar-refractivity contribution < 1.29 is 23.0 Å². The first-order valence-electron chi connectivity index (χ1n) is 11.3. The molecular weight excluding hydrogens is 442 g/mol. The number of anilines is 2. The van der Waals surface area contributed by atoms with Gasteiger partial charge in [0.15, 0.2) is 0 Å². The molecule has 0 unspecified atom stereocenters. The molecule has 2 aliphatic rings. The van der Waals surface area contributed by atoms with Crippen molar-refractivity contribution >= 4 is 23.6 Å². The van der Waals surface area contributed by atoms with Crippen LogP contribution in [0.15, 0.2) is 41.5 Å². The van der Waals surface area contributed by atoms with Gasteiger partial charge in [-0.15, -0.1) is 0 Å². The number of hydrogen-bond acceptors (Lipinski definition) is 6. The molecule has 0 radical (unpaired) electrons. The maximum absolute atomic E-state index is 15.2. The summed E-state index contributed by atoms with van der Waals surface area (Å²) in [6, 6.07) is 7.64. The Morgan fingerprint density at radius 3 is 2.53 bits per heavy atom. The van der Waals surface area contributed by atoms with E-state index >= 15 is 4.39 Å². The highest BCUT2D eigenvalue weighted by molar-refractivity contribution is 5.91. The van der Waals surface area contributed by atoms with E-state index in [9.17, 15) is 9.18 Å². The van der Waals surface area contributed by atoms with E-state index in [0.29, 0.717) is 23.5 Å². The highest BCUT2D eigenvalue weighted by Gasteiger charge is 2.51. The molecule has 1 N–H and O–H groups in total. The lowest BCUT2D eigenvalue weighted by molar-refractivity contribution is -0.0611. The van der Waals surface area contributed by atoms with Gasteiger partial charge in [0.05, 0.1) is 11.7 Å². The van der Waals surface area contributed by atoms with E-state index in [1.807, 2.05) is 6.92 Å². The normalized spacial score (nSPS) is 21.2. The molecule has 1 amide bonds. The van der Waals surface area contributed by atoms with Crippen molar-refractivity contribution in [3.8, 4) is 0 Å². The SMILES string of the molecule is CN(c1ccc(F)c([C@]2(C)CC3(CCC3)OC(NC(=O)OC(C)(C)C)=N2)c1)c1ccc(F)cn1. The fraction of sp³-hybridized carbons (Fsp3) is 0.480. The zero-order valence-corrected chi connectivity index (χ0v) is 20.1. The molecule has 2 aromatic rings. The number of ether oxygens (including phenoxy) is 2. The Bertz CT molecular complexity index is 1110. The second-order valence-corrected chi connectivity index (χ2v) is 10.2. The van der Waals surface area contributed by atoms with Gasteiger partial charge in [-0.05, 0) is 77.3 Å². The Morgan fingerprint density at radius 2 is 1.94 bits per heavy atom. The minimum Gasteiger partial charge on any atom is -0.458 e. The van der Waals surface area contributed by atoms with Crippen molar-refractivity contribution in [2.24, 2.45) is 4.99 Å². The molecule has 1 atom stereocenters. The third-order valence-corrected chi connectivity index (χ3v) is 6.17. The second kappa shape index (κ2) is 8.52. The molecule has 1 fully saturated rings. The second-order valence-electron chi connectivity index (χ2n) is 10.2. The van der Waals surface area contributed by atoms with E-state index < -0.39 is 34.5 Å². The molecule has 2 heterocycles. The van der Waals surface area contributed by atoms with Gasteiger partial charge in [0.1, 0.15) is 28.7 Å². The van der Waals surface area contributed by atoms with Crippen molar-refractivity contribution in [3.63, 3.8) is 0 Å². The molecule has 1 aliphatic heterocycles. The number of aliphatic imine (C=N–C) groups is 1. The summed E-state index contributed by atoms with van der Waals surface area (Å²) >= 11 is 0. The van der Waals surface area contributed by atoms with E-state index in [1.54, 1.807) is 50.9 Å². The van der Waals surface area contributed by atoms with Crippen LogP contribution >= 0.6 is 0 Å². The zero-order chi connectivity index (χ0) is 24.7. The van der Waals surface area contributed by atoms with Crippen LogP contribution in [0.2, 0.25) is 0 Å². The molecule has 0 saturated heterocycles. The molecule has 1 saturated carbocycles. The Morgan fingerprint density at radius 1 is 1.21 bits per heavy atom. The van der Waals surface area contributed by atoms with Gasteiger partial charge in [-0.3, -0.25) is 0 Å². The number of rotatable bonds is 3. The maximum Gasteiger partial charge on any atom is 0.415 e. The summed E-state index contributed by atoms with van der Waals surface area (Å²) in [6.07, 6.45) is 3.49. The highest BCUT2D eigenvalue weighted by atomic mass is 19.1. The summed E-state index contributed by atoms with van der Waals surface area (Å²) in [5.74, 6) is -0.331. The average Bonchev–Trinajstić information content (AvgIpc) is 2.71. The van der Waals surface area contributed by atoms with Gasteiger partial charge in [0.25, 0.3) is 6.02 Å². The van der Waals surface area contributed by atoms with Crippen LogP contribution in [0.5, 0.6) is 0 Å². The number of hydrogen-bond donors (Lipinski definition) is 1. The van der Waals surface area contributed by atoms with Crippen LogP contribution in [0.4, 0.5) is 25.1 Å². The number of amidine groups is 1. The smallest absolute Gasteiger partial charge is 0.415 e. The molecule has 7 nitrogen and oxygen atoms in total. The van der Waals surface area contributed by atoms with E-state index in [2.05, 4.69) is 15.3 Å². The lowest BCUT2D eigenvalue weighted by atomic mass is 9.69. The van der Waals surface area contributed by atoms with Crippen LogP contribution < -0.4 is 10.2 Å². The number of carbonyl (C=O) groups excluding carboxylic acids is 1. The van der Waals surface area contributed by atoms with Gasteiger partial charge >= 0.3 is 6.09 Å². The molecule has 1 aromatic heterocycles. The minimum atomic E-state index is -0.986. The lowest BCUT2D eigenvalue weighted by Gasteiger charge is -2.49. The standard InChI is InChI=1S/C25H30F2N4O3/c1-23(2,3)34-22(32)29-21-30-24(4,15-25(33-21)11-6-12-25)18-13-17(8-9-19(18)27)31(5)20-10-7-16(26)14-28-20/h7-10,13-14H,6,11-12,15H2,1-5H3,(H,29,30,32)/t24-/m0/s1. The van der Waals surface area contributed by atoms with Gasteiger partial charge < -0.3 is 14.4 Å². The number of carbonyl (C=O) groups is 1. The fourth-order valence-corrected chi connectivity index (χ4v) is 4.44. The van der Waals surface area contributed by atoms with Crippen LogP contribution in [0.25, 0.3) is 0 Å². The number of pyridine rings is 1. The molecule has 1 aromatic carbocycles. The number of aromatic nitrogens is 1. The van der Waals surface area contributed by atoms with E-state index in [0.717, 1.165) is 25.5 Å². The molecule has 1 aliphatic carbocycles. The topological polar surface area (TPSA) is 76.0 Å². The molecule has 0 bridgehead atoms. The van der Waals surface area contributed by atoms with Crippen LogP contribution in [-0.4, -0.2) is 35.3 Å². The van der Waals surface area contributed by atoms with Gasteiger partial charge in [-0.1, -0.05) is 0 Å². The van der Waals surface area contributed by atoms with Gasteiger partial charge in [0.2, 0.25) is 0 Å². The predicted molar refractivity (Wildman–Crippen MR) is 125 cm³/mol. The van der Waals surface area contributed by atoms with Gasteiger partial charge in [-0.2, -0.15) is 0 Å². The summed E-state index contributed by atoms with van der Waals surface area (Å²) in [7, 11) is 1.77. The number of alkyl carbamates (subject to hydrolysis) is 1. The van der Waals surface area contributed by atoms with Gasteiger partial charge in [0, 0.05) is 24.7 Å². The molecule has 34 heavy (non-hydrogen) atoms. The number of halogens is 2. The maximum atomic E-state index is 15.2. The van der Waals surface area contributed by atoms with Gasteiger partial charge in [-0.25, -0.2) is 28.9 Å². The van der Waals surface area contributed by atoms with Crippen molar-refractivity contribution in [2.75, 3.05) is 11.9 Å². The fourth-order valence-electron chi connectivity index (χ4n) is 4.44. The van der Waals surface area contributed by atoms with Crippen molar-refractivity contribution in [1.82, 2.24) is 10.3 Å². The van der Waals surface area contributed by atoms with Crippen LogP contribution in [0.1, 0.15) is 58.9 Å². The first-order valence-corrected chi connectivity index (χ1v) is 11.3. The van der Waals surface area contributed by atoms with E-state index in [4.69, 9.17) is 9.47 Å². The number of benzene rings is 1. The average molecular weight is 473 g/mol. The first kappa shape index (κ1) is 23.9. The lowest BCUT2D eigenvalue weighted by Crippen LogP contribution is -2.54. The largest absolute Gasteiger partial charge is 0.458 e. The minimum absolute atomic E-state index is 0.0288. The van der Waals surface area contributed by atoms with E-state index in [1.165, 1.54) is 12.1 Å². The van der Waals surface area contributed by atoms with Crippen LogP contribution in [0.3, 0.4) is 0 Å².